The summed E-state index contributed by atoms with van der Waals surface area (Å²) in [4.78, 5) is 12.3. The molecule has 0 spiro atoms. The molecule has 0 saturated carbocycles. The number of nitrogens with zero attached hydrogens (tertiary/aromatic N) is 1. The summed E-state index contributed by atoms with van der Waals surface area (Å²) in [6.07, 6.45) is -0.918. The number of ether oxygens (including phenoxy) is 1. The Balaban J connectivity index is 2.36. The van der Waals surface area contributed by atoms with Crippen LogP contribution in [0.2, 0.25) is 0 Å². The number of carbonyl (C=O) groups is 1. The van der Waals surface area contributed by atoms with Gasteiger partial charge in [-0.2, -0.15) is 0 Å². The predicted molar refractivity (Wildman–Crippen MR) is 76.8 cm³/mol. The van der Waals surface area contributed by atoms with E-state index in [0.29, 0.717) is 18.8 Å². The van der Waals surface area contributed by atoms with Crippen molar-refractivity contribution in [1.82, 2.24) is 10.5 Å². The Labute approximate surface area is 122 Å². The third-order valence-electron chi connectivity index (χ3n) is 2.96. The van der Waals surface area contributed by atoms with E-state index in [9.17, 15) is 9.90 Å². The first-order chi connectivity index (χ1) is 10.1. The van der Waals surface area contributed by atoms with Gasteiger partial charge < -0.3 is 19.7 Å². The van der Waals surface area contributed by atoms with Gasteiger partial charge in [0, 0.05) is 19.2 Å². The maximum Gasteiger partial charge on any atom is 0.257 e. The number of carbonyl (C=O) groups excluding carboxylic acids is 1. The summed E-state index contributed by atoms with van der Waals surface area (Å²) in [5, 5.41) is 16.4. The minimum Gasteiger partial charge on any atom is -0.385 e. The molecule has 2 N–H and O–H groups in total. The summed E-state index contributed by atoms with van der Waals surface area (Å²) >= 11 is 0. The molecule has 6 nitrogen and oxygen atoms in total. The Bertz CT molecular complexity index is 593. The fourth-order valence-corrected chi connectivity index (χ4v) is 1.96. The molecule has 0 unspecified atom stereocenters. The molecule has 6 heteroatoms. The molecule has 112 valence electrons. The fourth-order valence-electron chi connectivity index (χ4n) is 1.96. The van der Waals surface area contributed by atoms with Crippen LogP contribution in [-0.4, -0.2) is 36.4 Å². The number of amides is 1. The van der Waals surface area contributed by atoms with Crippen molar-refractivity contribution in [2.45, 2.75) is 13.0 Å². The van der Waals surface area contributed by atoms with Crippen molar-refractivity contribution < 1.29 is 19.2 Å². The van der Waals surface area contributed by atoms with Gasteiger partial charge in [0.15, 0.2) is 5.76 Å². The molecule has 1 aromatic heterocycles. The van der Waals surface area contributed by atoms with E-state index >= 15 is 0 Å². The zero-order valence-corrected chi connectivity index (χ0v) is 12.0. The van der Waals surface area contributed by atoms with Gasteiger partial charge in [0.05, 0.1) is 6.61 Å². The third kappa shape index (κ3) is 3.48. The number of hydrogen-bond acceptors (Lipinski definition) is 5. The molecule has 0 aliphatic carbocycles. The number of hydrogen-bond donors (Lipinski definition) is 2. The van der Waals surface area contributed by atoms with Crippen molar-refractivity contribution in [2.24, 2.45) is 0 Å². The Morgan fingerprint density at radius 2 is 2.14 bits per heavy atom. The first-order valence-corrected chi connectivity index (χ1v) is 6.65. The van der Waals surface area contributed by atoms with Crippen LogP contribution in [0.4, 0.5) is 0 Å². The zero-order valence-electron chi connectivity index (χ0n) is 12.0. The Morgan fingerprint density at radius 1 is 1.43 bits per heavy atom. The predicted octanol–water partition coefficient (Wildman–Crippen LogP) is 1.77. The second-order valence-corrected chi connectivity index (χ2v) is 4.56. The average Bonchev–Trinajstić information content (AvgIpc) is 2.93. The van der Waals surface area contributed by atoms with Gasteiger partial charge in [0.25, 0.3) is 5.91 Å². The molecule has 2 aromatic rings. The van der Waals surface area contributed by atoms with Gasteiger partial charge >= 0.3 is 0 Å². The molecule has 0 fully saturated rings. The second-order valence-electron chi connectivity index (χ2n) is 4.56. The van der Waals surface area contributed by atoms with E-state index in [4.69, 9.17) is 9.26 Å². The van der Waals surface area contributed by atoms with Crippen molar-refractivity contribution >= 4 is 5.91 Å². The lowest BCUT2D eigenvalue weighted by Crippen LogP contribution is -2.28. The molecule has 2 rings (SSSR count). The van der Waals surface area contributed by atoms with Crippen LogP contribution >= 0.6 is 0 Å². The van der Waals surface area contributed by atoms with Crippen LogP contribution in [0, 0.1) is 0 Å². The molecule has 0 saturated heterocycles. The third-order valence-corrected chi connectivity index (χ3v) is 2.96. The van der Waals surface area contributed by atoms with Gasteiger partial charge in [-0.1, -0.05) is 35.5 Å². The van der Waals surface area contributed by atoms with Crippen LogP contribution in [-0.2, 0) is 4.74 Å². The molecular formula is C15H18N2O4. The molecule has 1 atom stereocenters. The molecule has 1 heterocycles. The van der Waals surface area contributed by atoms with Crippen molar-refractivity contribution in [3.8, 4) is 11.3 Å². The highest BCUT2D eigenvalue weighted by atomic mass is 16.5. The summed E-state index contributed by atoms with van der Waals surface area (Å²) in [5.74, 6) is -0.188. The minimum atomic E-state index is -0.918. The molecule has 0 bridgehead atoms. The van der Waals surface area contributed by atoms with Gasteiger partial charge in [-0.15, -0.1) is 0 Å². The molecule has 21 heavy (non-hydrogen) atoms. The highest BCUT2D eigenvalue weighted by Crippen LogP contribution is 2.28. The lowest BCUT2D eigenvalue weighted by molar-refractivity contribution is 0.0924. The van der Waals surface area contributed by atoms with Gasteiger partial charge in [-0.05, 0) is 6.92 Å². The van der Waals surface area contributed by atoms with Crippen molar-refractivity contribution in [1.29, 1.82) is 0 Å². The summed E-state index contributed by atoms with van der Waals surface area (Å²) in [6, 6.07) is 9.22. The van der Waals surface area contributed by atoms with Crippen LogP contribution < -0.4 is 5.32 Å². The summed E-state index contributed by atoms with van der Waals surface area (Å²) < 4.78 is 10.0. The number of aliphatic hydroxyl groups is 1. The monoisotopic (exact) mass is 290 g/mol. The van der Waals surface area contributed by atoms with Crippen molar-refractivity contribution in [3.63, 3.8) is 0 Å². The summed E-state index contributed by atoms with van der Waals surface area (Å²) in [5.41, 5.74) is 1.43. The quantitative estimate of drug-likeness (QED) is 0.792. The molecule has 1 aromatic carbocycles. The molecule has 0 aliphatic heterocycles. The molecule has 0 aliphatic rings. The standard InChI is InChI=1S/C15H18N2O4/c1-10(18)14-12(15(19)16-8-9-20-2)13(17-21-14)11-6-4-3-5-7-11/h3-7,10,18H,8-9H2,1-2H3,(H,16,19)/t10-/m0/s1. The Hall–Kier alpha value is -2.18. The largest absolute Gasteiger partial charge is 0.385 e. The number of rotatable bonds is 6. The van der Waals surface area contributed by atoms with Gasteiger partial charge in [0.2, 0.25) is 0 Å². The molecule has 1 amide bonds. The van der Waals surface area contributed by atoms with Crippen molar-refractivity contribution in [3.05, 3.63) is 41.7 Å². The summed E-state index contributed by atoms with van der Waals surface area (Å²) in [6.45, 7) is 2.30. The highest BCUT2D eigenvalue weighted by molar-refractivity contribution is 6.00. The Morgan fingerprint density at radius 3 is 2.76 bits per heavy atom. The number of aliphatic hydroxyl groups excluding tert-OH is 1. The number of nitrogens with one attached hydrogen (secondary N) is 1. The zero-order chi connectivity index (χ0) is 15.2. The van der Waals surface area contributed by atoms with Gasteiger partial charge in [0.1, 0.15) is 17.4 Å². The number of aromatic nitrogens is 1. The van der Waals surface area contributed by atoms with E-state index in [2.05, 4.69) is 10.5 Å². The highest BCUT2D eigenvalue weighted by Gasteiger charge is 2.26. The minimum absolute atomic E-state index is 0.156. The lowest BCUT2D eigenvalue weighted by Gasteiger charge is -2.07. The summed E-state index contributed by atoms with van der Waals surface area (Å²) in [7, 11) is 1.56. The van der Waals surface area contributed by atoms with E-state index in [1.54, 1.807) is 7.11 Å². The first-order valence-electron chi connectivity index (χ1n) is 6.65. The normalized spacial score (nSPS) is 12.1. The second kappa shape index (κ2) is 7.01. The van der Waals surface area contributed by atoms with E-state index in [0.717, 1.165) is 5.56 Å². The topological polar surface area (TPSA) is 84.6 Å². The van der Waals surface area contributed by atoms with Crippen LogP contribution in [0.3, 0.4) is 0 Å². The maximum absolute atomic E-state index is 12.3. The average molecular weight is 290 g/mol. The lowest BCUT2D eigenvalue weighted by atomic mass is 10.0. The van der Waals surface area contributed by atoms with Gasteiger partial charge in [-0.25, -0.2) is 0 Å². The van der Waals surface area contributed by atoms with Crippen LogP contribution in [0.15, 0.2) is 34.9 Å². The SMILES string of the molecule is COCCNC(=O)c1c(-c2ccccc2)noc1[C@H](C)O. The Kier molecular flexibility index (Phi) is 5.08. The van der Waals surface area contributed by atoms with Crippen LogP contribution in [0.5, 0.6) is 0 Å². The van der Waals surface area contributed by atoms with E-state index in [1.165, 1.54) is 6.92 Å². The van der Waals surface area contributed by atoms with Crippen LogP contribution in [0.1, 0.15) is 29.1 Å². The van der Waals surface area contributed by atoms with Crippen LogP contribution in [0.25, 0.3) is 11.3 Å². The van der Waals surface area contributed by atoms with E-state index < -0.39 is 6.10 Å². The molecule has 0 radical (unpaired) electrons. The van der Waals surface area contributed by atoms with Crippen molar-refractivity contribution in [2.75, 3.05) is 20.3 Å². The maximum atomic E-state index is 12.3. The number of methoxy groups -OCH3 is 1. The van der Waals surface area contributed by atoms with Gasteiger partial charge in [-0.3, -0.25) is 4.79 Å². The van der Waals surface area contributed by atoms with E-state index in [1.807, 2.05) is 30.3 Å². The fraction of sp³-hybridized carbons (Fsp3) is 0.333. The number of benzene rings is 1. The first kappa shape index (κ1) is 15.2. The molecular weight excluding hydrogens is 272 g/mol. The van der Waals surface area contributed by atoms with E-state index in [-0.39, 0.29) is 17.2 Å². The smallest absolute Gasteiger partial charge is 0.257 e.